The van der Waals surface area contributed by atoms with Crippen LogP contribution < -0.4 is 5.32 Å². The second kappa shape index (κ2) is 6.58. The molecule has 0 unspecified atom stereocenters. The van der Waals surface area contributed by atoms with Crippen LogP contribution in [0.1, 0.15) is 5.56 Å². The number of hydrogen-bond acceptors (Lipinski definition) is 2. The van der Waals surface area contributed by atoms with Gasteiger partial charge in [-0.25, -0.2) is 0 Å². The summed E-state index contributed by atoms with van der Waals surface area (Å²) >= 11 is 9.10. The molecule has 8 heteroatoms. The summed E-state index contributed by atoms with van der Waals surface area (Å²) in [6.45, 7) is -0.362. The molecular formula is C11H10BrClF3NO2. The third-order valence-electron chi connectivity index (χ3n) is 2.02. The van der Waals surface area contributed by atoms with Gasteiger partial charge < -0.3 is 10.1 Å². The number of ether oxygens (including phenoxy) is 1. The number of nitrogens with one attached hydrogen (secondary N) is 1. The van der Waals surface area contributed by atoms with E-state index >= 15 is 0 Å². The fraction of sp³-hybridized carbons (Fsp3) is 0.364. The molecule has 0 aromatic heterocycles. The number of aryl methyl sites for hydroxylation is 1. The van der Waals surface area contributed by atoms with Crippen molar-refractivity contribution in [3.63, 3.8) is 0 Å². The molecule has 1 amide bonds. The summed E-state index contributed by atoms with van der Waals surface area (Å²) in [5, 5.41) is 2.84. The van der Waals surface area contributed by atoms with Crippen molar-refractivity contribution in [2.24, 2.45) is 0 Å². The number of hydrogen-bond donors (Lipinski definition) is 1. The Morgan fingerprint density at radius 2 is 2.11 bits per heavy atom. The highest BCUT2D eigenvalue weighted by molar-refractivity contribution is 9.10. The molecule has 106 valence electrons. The molecule has 19 heavy (non-hydrogen) atoms. The Morgan fingerprint density at radius 3 is 2.68 bits per heavy atom. The molecule has 0 bridgehead atoms. The lowest BCUT2D eigenvalue weighted by atomic mass is 10.2. The van der Waals surface area contributed by atoms with E-state index in [1.165, 1.54) is 6.07 Å². The minimum atomic E-state index is -4.45. The van der Waals surface area contributed by atoms with Gasteiger partial charge in [-0.2, -0.15) is 13.2 Å². The quantitative estimate of drug-likeness (QED) is 0.883. The lowest BCUT2D eigenvalue weighted by Gasteiger charge is -2.10. The standard InChI is InChI=1S/C11H10BrClF3NO2/c1-6-2-7(12)9(3-8(6)13)17-10(18)4-19-5-11(14,15)16/h2-3H,4-5H2,1H3,(H,17,18). The van der Waals surface area contributed by atoms with Gasteiger partial charge in [-0.3, -0.25) is 4.79 Å². The van der Waals surface area contributed by atoms with Crippen molar-refractivity contribution in [3.8, 4) is 0 Å². The van der Waals surface area contributed by atoms with Crippen LogP contribution in [0.25, 0.3) is 0 Å². The molecule has 0 spiro atoms. The van der Waals surface area contributed by atoms with E-state index in [1.807, 2.05) is 0 Å². The van der Waals surface area contributed by atoms with Gasteiger partial charge in [-0.1, -0.05) is 11.6 Å². The van der Waals surface area contributed by atoms with Crippen molar-refractivity contribution in [1.29, 1.82) is 0 Å². The summed E-state index contributed by atoms with van der Waals surface area (Å²) in [4.78, 5) is 11.4. The van der Waals surface area contributed by atoms with E-state index in [2.05, 4.69) is 26.0 Å². The first-order valence-electron chi connectivity index (χ1n) is 5.09. The van der Waals surface area contributed by atoms with E-state index in [1.54, 1.807) is 13.0 Å². The molecule has 0 radical (unpaired) electrons. The molecule has 1 aromatic carbocycles. The number of anilines is 1. The van der Waals surface area contributed by atoms with Crippen molar-refractivity contribution in [2.45, 2.75) is 13.1 Å². The Hall–Kier alpha value is -0.790. The lowest BCUT2D eigenvalue weighted by Crippen LogP contribution is -2.24. The zero-order chi connectivity index (χ0) is 14.6. The molecule has 0 atom stereocenters. The molecule has 3 nitrogen and oxygen atoms in total. The number of rotatable bonds is 4. The van der Waals surface area contributed by atoms with Gasteiger partial charge in [0.15, 0.2) is 0 Å². The van der Waals surface area contributed by atoms with Gasteiger partial charge in [0.2, 0.25) is 5.91 Å². The number of amides is 1. The van der Waals surface area contributed by atoms with Gasteiger partial charge in [0.25, 0.3) is 0 Å². The van der Waals surface area contributed by atoms with E-state index in [-0.39, 0.29) is 0 Å². The summed E-state index contributed by atoms with van der Waals surface area (Å²) < 4.78 is 40.3. The van der Waals surface area contributed by atoms with Crippen LogP contribution in [0, 0.1) is 6.92 Å². The summed E-state index contributed by atoms with van der Waals surface area (Å²) in [5.74, 6) is -0.690. The summed E-state index contributed by atoms with van der Waals surface area (Å²) in [5.41, 5.74) is 1.18. The highest BCUT2D eigenvalue weighted by Gasteiger charge is 2.27. The smallest absolute Gasteiger partial charge is 0.362 e. The van der Waals surface area contributed by atoms with Gasteiger partial charge in [-0.05, 0) is 40.5 Å². The number of carbonyl (C=O) groups excluding carboxylic acids is 1. The molecule has 0 aliphatic rings. The van der Waals surface area contributed by atoms with Crippen LogP contribution in [-0.2, 0) is 9.53 Å². The largest absolute Gasteiger partial charge is 0.411 e. The predicted molar refractivity (Wildman–Crippen MR) is 69.4 cm³/mol. The maximum Gasteiger partial charge on any atom is 0.411 e. The van der Waals surface area contributed by atoms with Crippen LogP contribution in [-0.4, -0.2) is 25.3 Å². The molecule has 1 N–H and O–H groups in total. The van der Waals surface area contributed by atoms with E-state index < -0.39 is 25.3 Å². The fourth-order valence-electron chi connectivity index (χ4n) is 1.19. The molecule has 1 rings (SSSR count). The topological polar surface area (TPSA) is 38.3 Å². The minimum absolute atomic E-state index is 0.371. The van der Waals surface area contributed by atoms with E-state index in [9.17, 15) is 18.0 Å². The van der Waals surface area contributed by atoms with Crippen LogP contribution >= 0.6 is 27.5 Å². The molecule has 1 aromatic rings. The minimum Gasteiger partial charge on any atom is -0.362 e. The third kappa shape index (κ3) is 5.80. The molecule has 0 fully saturated rings. The number of halogens is 5. The summed E-state index contributed by atoms with van der Waals surface area (Å²) in [6.07, 6.45) is -4.45. The second-order valence-electron chi connectivity index (χ2n) is 3.74. The first-order chi connectivity index (χ1) is 8.69. The van der Waals surface area contributed by atoms with Crippen molar-refractivity contribution >= 4 is 39.1 Å². The van der Waals surface area contributed by atoms with Crippen LogP contribution in [0.4, 0.5) is 18.9 Å². The van der Waals surface area contributed by atoms with Crippen LogP contribution in [0.2, 0.25) is 5.02 Å². The maximum absolute atomic E-state index is 11.8. The van der Waals surface area contributed by atoms with Crippen molar-refractivity contribution in [1.82, 2.24) is 0 Å². The molecule has 0 saturated heterocycles. The Kier molecular flexibility index (Phi) is 5.64. The van der Waals surface area contributed by atoms with Crippen LogP contribution in [0.15, 0.2) is 16.6 Å². The normalized spacial score (nSPS) is 11.5. The number of benzene rings is 1. The van der Waals surface area contributed by atoms with Gasteiger partial charge >= 0.3 is 6.18 Å². The SMILES string of the molecule is Cc1cc(Br)c(NC(=O)COCC(F)(F)F)cc1Cl. The first-order valence-corrected chi connectivity index (χ1v) is 6.26. The highest BCUT2D eigenvalue weighted by Crippen LogP contribution is 2.29. The van der Waals surface area contributed by atoms with Crippen LogP contribution in [0.5, 0.6) is 0 Å². The molecule has 0 saturated carbocycles. The molecule has 0 heterocycles. The van der Waals surface area contributed by atoms with Crippen molar-refractivity contribution < 1.29 is 22.7 Å². The van der Waals surface area contributed by atoms with E-state index in [0.717, 1.165) is 5.56 Å². The van der Waals surface area contributed by atoms with Gasteiger partial charge in [-0.15, -0.1) is 0 Å². The Morgan fingerprint density at radius 1 is 1.47 bits per heavy atom. The van der Waals surface area contributed by atoms with Crippen LogP contribution in [0.3, 0.4) is 0 Å². The lowest BCUT2D eigenvalue weighted by molar-refractivity contribution is -0.174. The van der Waals surface area contributed by atoms with Gasteiger partial charge in [0, 0.05) is 9.50 Å². The Bertz CT molecular complexity index is 480. The molecular weight excluding hydrogens is 350 g/mol. The Balaban J connectivity index is 2.56. The monoisotopic (exact) mass is 359 g/mol. The van der Waals surface area contributed by atoms with E-state index in [4.69, 9.17) is 11.6 Å². The average Bonchev–Trinajstić information content (AvgIpc) is 2.24. The zero-order valence-corrected chi connectivity index (χ0v) is 12.1. The number of carbonyl (C=O) groups is 1. The van der Waals surface area contributed by atoms with Crippen molar-refractivity contribution in [2.75, 3.05) is 18.5 Å². The maximum atomic E-state index is 11.8. The number of alkyl halides is 3. The zero-order valence-electron chi connectivity index (χ0n) is 9.78. The second-order valence-corrected chi connectivity index (χ2v) is 5.00. The Labute approximate surface area is 121 Å². The third-order valence-corrected chi connectivity index (χ3v) is 3.08. The van der Waals surface area contributed by atoms with Crippen molar-refractivity contribution in [3.05, 3.63) is 27.2 Å². The molecule has 0 aliphatic heterocycles. The summed E-state index contributed by atoms with van der Waals surface area (Å²) in [7, 11) is 0. The fourth-order valence-corrected chi connectivity index (χ4v) is 1.91. The molecule has 0 aliphatic carbocycles. The van der Waals surface area contributed by atoms with Gasteiger partial charge in [0.05, 0.1) is 5.69 Å². The summed E-state index contributed by atoms with van der Waals surface area (Å²) in [6, 6.07) is 3.19. The first kappa shape index (κ1) is 16.3. The average molecular weight is 361 g/mol. The predicted octanol–water partition coefficient (Wildman–Crippen LogP) is 3.93. The van der Waals surface area contributed by atoms with E-state index in [0.29, 0.717) is 15.2 Å². The van der Waals surface area contributed by atoms with Gasteiger partial charge in [0.1, 0.15) is 13.2 Å². The highest BCUT2D eigenvalue weighted by atomic mass is 79.9.